The minimum absolute atomic E-state index is 0. The summed E-state index contributed by atoms with van der Waals surface area (Å²) in [7, 11) is 0. The zero-order valence-corrected chi connectivity index (χ0v) is 11.6. The molecule has 0 aliphatic heterocycles. The number of H-pyrrole nitrogens is 3. The van der Waals surface area contributed by atoms with Crippen LogP contribution in [-0.2, 0) is 0 Å². The van der Waals surface area contributed by atoms with Crippen LogP contribution in [0.25, 0.3) is 0 Å². The molecule has 0 saturated carbocycles. The highest BCUT2D eigenvalue weighted by atomic mass is 15.1. The molecule has 0 unspecified atom stereocenters. The molecular formula is C18H27N5. The number of rotatable bonds is 0. The van der Waals surface area contributed by atoms with Crippen LogP contribution in [0.1, 0.15) is 14.9 Å². The van der Waals surface area contributed by atoms with Crippen molar-refractivity contribution in [3.63, 3.8) is 0 Å². The van der Waals surface area contributed by atoms with Crippen molar-refractivity contribution in [2.75, 3.05) is 0 Å². The third-order valence-electron chi connectivity index (χ3n) is 1.97. The van der Waals surface area contributed by atoms with Gasteiger partial charge in [-0.3, -0.25) is 10.2 Å². The van der Waals surface area contributed by atoms with Crippen molar-refractivity contribution >= 4 is 0 Å². The molecule has 0 fully saturated rings. The topological polar surface area (TPSA) is 73.2 Å². The molecule has 0 spiro atoms. The second kappa shape index (κ2) is 18.9. The van der Waals surface area contributed by atoms with E-state index < -0.39 is 0 Å². The van der Waals surface area contributed by atoms with Crippen LogP contribution < -0.4 is 0 Å². The molecule has 4 rings (SSSR count). The number of nitrogens with one attached hydrogen (secondary N) is 3. The Kier molecular flexibility index (Phi) is 18.3. The molecule has 3 aromatic heterocycles. The third kappa shape index (κ3) is 16.9. The Morgan fingerprint density at radius 3 is 0.957 bits per heavy atom. The van der Waals surface area contributed by atoms with Crippen LogP contribution in [0.4, 0.5) is 0 Å². The lowest BCUT2D eigenvalue weighted by Crippen LogP contribution is -1.53. The maximum Gasteiger partial charge on any atom is 0.0487 e. The van der Waals surface area contributed by atoms with Crippen molar-refractivity contribution in [3.8, 4) is 0 Å². The van der Waals surface area contributed by atoms with E-state index in [1.807, 2.05) is 73.1 Å². The number of hydrogen-bond acceptors (Lipinski definition) is 2. The van der Waals surface area contributed by atoms with E-state index in [2.05, 4.69) is 25.4 Å². The summed E-state index contributed by atoms with van der Waals surface area (Å²) in [6, 6.07) is 19.6. The summed E-state index contributed by atoms with van der Waals surface area (Å²) < 4.78 is 0. The van der Waals surface area contributed by atoms with Crippen LogP contribution in [0.5, 0.6) is 0 Å². The van der Waals surface area contributed by atoms with E-state index >= 15 is 0 Å². The molecule has 3 heterocycles. The zero-order chi connectivity index (χ0) is 14.8. The maximum atomic E-state index is 3.60. The molecule has 124 valence electrons. The normalized spacial score (nSPS) is 7.30. The van der Waals surface area contributed by atoms with E-state index in [9.17, 15) is 0 Å². The lowest BCUT2D eigenvalue weighted by atomic mass is 10.4. The Hall–Kier alpha value is -3.08. The Bertz CT molecular complexity index is 416. The van der Waals surface area contributed by atoms with Crippen LogP contribution >= 0.6 is 0 Å². The summed E-state index contributed by atoms with van der Waals surface area (Å²) in [5.41, 5.74) is 0. The summed E-state index contributed by atoms with van der Waals surface area (Å²) >= 11 is 0. The number of hydrogen-bond donors (Lipinski definition) is 3. The van der Waals surface area contributed by atoms with E-state index in [1.54, 1.807) is 24.8 Å². The predicted molar refractivity (Wildman–Crippen MR) is 97.9 cm³/mol. The van der Waals surface area contributed by atoms with Gasteiger partial charge < -0.3 is 4.98 Å². The fraction of sp³-hybridized carbons (Fsp3) is 0.111. The van der Waals surface area contributed by atoms with Crippen molar-refractivity contribution in [1.82, 2.24) is 25.4 Å². The van der Waals surface area contributed by atoms with Crippen LogP contribution in [0.15, 0.2) is 97.8 Å². The second-order valence-corrected chi connectivity index (χ2v) is 3.57. The van der Waals surface area contributed by atoms with Crippen LogP contribution in [0.2, 0.25) is 0 Å². The Balaban J connectivity index is 0. The van der Waals surface area contributed by atoms with Crippen molar-refractivity contribution in [3.05, 3.63) is 97.8 Å². The van der Waals surface area contributed by atoms with Crippen molar-refractivity contribution in [2.24, 2.45) is 0 Å². The minimum Gasteiger partial charge on any atom is -0.368 e. The van der Waals surface area contributed by atoms with E-state index in [0.29, 0.717) is 0 Å². The number of aromatic amines is 3. The first-order valence-electron chi connectivity index (χ1n) is 6.45. The van der Waals surface area contributed by atoms with Gasteiger partial charge in [0.2, 0.25) is 0 Å². The van der Waals surface area contributed by atoms with Gasteiger partial charge in [0, 0.05) is 37.2 Å². The average molecular weight is 313 g/mol. The first-order chi connectivity index (χ1) is 10.5. The number of nitrogens with zero attached hydrogens (tertiary/aromatic N) is 2. The second-order valence-electron chi connectivity index (χ2n) is 3.57. The largest absolute Gasteiger partial charge is 0.368 e. The molecule has 0 aliphatic carbocycles. The van der Waals surface area contributed by atoms with E-state index in [0.717, 1.165) is 0 Å². The number of aromatic nitrogens is 5. The van der Waals surface area contributed by atoms with Gasteiger partial charge in [0.25, 0.3) is 0 Å². The van der Waals surface area contributed by atoms with Crippen LogP contribution in [-0.4, -0.2) is 25.4 Å². The molecule has 0 aliphatic rings. The Morgan fingerprint density at radius 1 is 0.435 bits per heavy atom. The molecule has 4 aromatic rings. The van der Waals surface area contributed by atoms with Gasteiger partial charge in [-0.15, -0.1) is 0 Å². The molecule has 3 N–H and O–H groups in total. The predicted octanol–water partition coefficient (Wildman–Crippen LogP) is 4.79. The van der Waals surface area contributed by atoms with E-state index in [-0.39, 0.29) is 14.9 Å². The van der Waals surface area contributed by atoms with Gasteiger partial charge in [0.05, 0.1) is 0 Å². The first-order valence-corrected chi connectivity index (χ1v) is 6.45. The van der Waals surface area contributed by atoms with Crippen molar-refractivity contribution in [2.45, 2.75) is 14.9 Å². The summed E-state index contributed by atoms with van der Waals surface area (Å²) in [5, 5.41) is 12.4. The molecular weight excluding hydrogens is 286 g/mol. The van der Waals surface area contributed by atoms with Gasteiger partial charge in [-0.1, -0.05) is 51.3 Å². The SMILES string of the molecule is C.C.c1cc[nH]c1.c1ccccc1.c1cn[nH]c1.c1cn[nH]c1. The van der Waals surface area contributed by atoms with Gasteiger partial charge in [0.1, 0.15) is 0 Å². The molecule has 0 bridgehead atoms. The lowest BCUT2D eigenvalue weighted by molar-refractivity contribution is 1.09. The molecule has 0 atom stereocenters. The van der Waals surface area contributed by atoms with Gasteiger partial charge in [-0.2, -0.15) is 10.2 Å². The lowest BCUT2D eigenvalue weighted by Gasteiger charge is -1.69. The van der Waals surface area contributed by atoms with Gasteiger partial charge >= 0.3 is 0 Å². The molecule has 1 aromatic carbocycles. The summed E-state index contributed by atoms with van der Waals surface area (Å²) in [6.45, 7) is 0. The Labute approximate surface area is 138 Å². The Morgan fingerprint density at radius 2 is 0.826 bits per heavy atom. The summed E-state index contributed by atoms with van der Waals surface area (Å²) in [6.07, 6.45) is 10.7. The molecule has 23 heavy (non-hydrogen) atoms. The fourth-order valence-corrected chi connectivity index (χ4v) is 1.09. The fourth-order valence-electron chi connectivity index (χ4n) is 1.09. The van der Waals surface area contributed by atoms with Crippen molar-refractivity contribution in [1.29, 1.82) is 0 Å². The highest BCUT2D eigenvalue weighted by Crippen LogP contribution is 1.79. The maximum absolute atomic E-state index is 3.60. The summed E-state index contributed by atoms with van der Waals surface area (Å²) in [4.78, 5) is 2.86. The van der Waals surface area contributed by atoms with Gasteiger partial charge in [-0.25, -0.2) is 0 Å². The standard InChI is InChI=1S/C6H6.C4H5N.2C3H4N2.2CH4/c1-2-4-6-5-3-1;3*1-2-4-5-3-1;;/h1-6H;1-5H;2*1-3H,(H,4,5);2*1H4. The van der Waals surface area contributed by atoms with Crippen molar-refractivity contribution < 1.29 is 0 Å². The first kappa shape index (κ1) is 22.2. The highest BCUT2D eigenvalue weighted by molar-refractivity contribution is 4.99. The zero-order valence-electron chi connectivity index (χ0n) is 11.6. The third-order valence-corrected chi connectivity index (χ3v) is 1.97. The molecule has 0 amide bonds. The number of benzene rings is 1. The van der Waals surface area contributed by atoms with E-state index in [4.69, 9.17) is 0 Å². The molecule has 5 heteroatoms. The van der Waals surface area contributed by atoms with Crippen LogP contribution in [0.3, 0.4) is 0 Å². The molecule has 5 nitrogen and oxygen atoms in total. The minimum atomic E-state index is 0. The van der Waals surface area contributed by atoms with E-state index in [1.165, 1.54) is 0 Å². The summed E-state index contributed by atoms with van der Waals surface area (Å²) in [5.74, 6) is 0. The molecule has 0 radical (unpaired) electrons. The smallest absolute Gasteiger partial charge is 0.0487 e. The van der Waals surface area contributed by atoms with Crippen LogP contribution in [0, 0.1) is 0 Å². The quantitative estimate of drug-likeness (QED) is 0.436. The molecule has 0 saturated heterocycles. The monoisotopic (exact) mass is 313 g/mol. The highest BCUT2D eigenvalue weighted by Gasteiger charge is 1.58. The average Bonchev–Trinajstić information content (AvgIpc) is 3.38. The van der Waals surface area contributed by atoms with Gasteiger partial charge in [-0.05, 0) is 24.3 Å². The van der Waals surface area contributed by atoms with Gasteiger partial charge in [0.15, 0.2) is 0 Å².